The number of rotatable bonds is 2. The molecule has 4 aliphatic rings. The summed E-state index contributed by atoms with van der Waals surface area (Å²) in [6.45, 7) is 6.04. The summed E-state index contributed by atoms with van der Waals surface area (Å²) in [7, 11) is 0. The number of hydrogen-bond acceptors (Lipinski definition) is 4. The highest BCUT2D eigenvalue weighted by Gasteiger charge is 2.64. The number of aliphatic hydroxyl groups is 2. The molecule has 26 heavy (non-hydrogen) atoms. The second-order valence-corrected chi connectivity index (χ2v) is 9.62. The van der Waals surface area contributed by atoms with Gasteiger partial charge < -0.3 is 10.2 Å². The van der Waals surface area contributed by atoms with Crippen molar-refractivity contribution in [3.8, 4) is 0 Å². The van der Waals surface area contributed by atoms with Gasteiger partial charge in [-0.1, -0.05) is 32.4 Å². The van der Waals surface area contributed by atoms with Crippen LogP contribution in [0.2, 0.25) is 0 Å². The molecule has 0 aromatic heterocycles. The number of carbonyl (C=O) groups is 2. The number of fused-ring (bicyclic) bond motifs is 5. The van der Waals surface area contributed by atoms with E-state index in [1.54, 1.807) is 12.2 Å². The molecule has 8 atom stereocenters. The average molecular weight is 358 g/mol. The predicted molar refractivity (Wildman–Crippen MR) is 98.1 cm³/mol. The molecule has 0 saturated heterocycles. The van der Waals surface area contributed by atoms with Crippen molar-refractivity contribution in [3.05, 3.63) is 23.8 Å². The van der Waals surface area contributed by atoms with Gasteiger partial charge in [0.15, 0.2) is 11.6 Å². The third-order valence-electron chi connectivity index (χ3n) is 8.34. The minimum absolute atomic E-state index is 0.0501. The normalized spacial score (nSPS) is 49.9. The van der Waals surface area contributed by atoms with E-state index in [4.69, 9.17) is 0 Å². The van der Waals surface area contributed by atoms with Crippen LogP contribution in [0.3, 0.4) is 0 Å². The first-order valence-corrected chi connectivity index (χ1v) is 9.98. The van der Waals surface area contributed by atoms with E-state index in [0.29, 0.717) is 18.3 Å². The number of aliphatic hydroxyl groups excluding tert-OH is 2. The third kappa shape index (κ3) is 2.27. The van der Waals surface area contributed by atoms with Crippen LogP contribution in [0.25, 0.3) is 0 Å². The van der Waals surface area contributed by atoms with Gasteiger partial charge in [0, 0.05) is 17.3 Å². The van der Waals surface area contributed by atoms with Crippen LogP contribution in [0.15, 0.2) is 23.8 Å². The maximum absolute atomic E-state index is 12.5. The summed E-state index contributed by atoms with van der Waals surface area (Å²) in [5.74, 6) is 0.886. The molecular formula is C22H30O4. The first-order chi connectivity index (χ1) is 12.2. The summed E-state index contributed by atoms with van der Waals surface area (Å²) < 4.78 is 0. The highest BCUT2D eigenvalue weighted by atomic mass is 16.3. The van der Waals surface area contributed by atoms with Crippen LogP contribution in [-0.4, -0.2) is 34.5 Å². The van der Waals surface area contributed by atoms with Crippen LogP contribution < -0.4 is 0 Å². The highest BCUT2D eigenvalue weighted by molar-refractivity contribution is 6.01. The first-order valence-electron chi connectivity index (χ1n) is 9.98. The molecule has 4 nitrogen and oxygen atoms in total. The van der Waals surface area contributed by atoms with E-state index in [0.717, 1.165) is 24.8 Å². The van der Waals surface area contributed by atoms with Crippen molar-refractivity contribution in [2.45, 2.75) is 52.6 Å². The maximum Gasteiger partial charge on any atom is 0.178 e. The molecule has 0 aliphatic heterocycles. The molecule has 2 N–H and O–H groups in total. The van der Waals surface area contributed by atoms with Gasteiger partial charge in [-0.25, -0.2) is 0 Å². The van der Waals surface area contributed by atoms with Gasteiger partial charge in [-0.05, 0) is 61.0 Å². The first kappa shape index (κ1) is 18.1. The van der Waals surface area contributed by atoms with E-state index in [2.05, 4.69) is 20.8 Å². The Bertz CT molecular complexity index is 707. The molecule has 4 aliphatic carbocycles. The van der Waals surface area contributed by atoms with Gasteiger partial charge in [0.25, 0.3) is 0 Å². The molecule has 4 heteroatoms. The van der Waals surface area contributed by atoms with E-state index >= 15 is 0 Å². The lowest BCUT2D eigenvalue weighted by molar-refractivity contribution is -0.142. The Morgan fingerprint density at radius 3 is 2.77 bits per heavy atom. The second-order valence-electron chi connectivity index (χ2n) is 9.62. The monoisotopic (exact) mass is 358 g/mol. The van der Waals surface area contributed by atoms with Gasteiger partial charge in [-0.2, -0.15) is 0 Å². The fraction of sp³-hybridized carbons (Fsp3) is 0.727. The van der Waals surface area contributed by atoms with Crippen molar-refractivity contribution in [1.29, 1.82) is 0 Å². The van der Waals surface area contributed by atoms with E-state index in [1.165, 1.54) is 0 Å². The number of hydrogen-bond donors (Lipinski definition) is 2. The number of allylic oxidation sites excluding steroid dienone is 4. The molecule has 4 rings (SSSR count). The van der Waals surface area contributed by atoms with Crippen molar-refractivity contribution in [3.63, 3.8) is 0 Å². The zero-order valence-electron chi connectivity index (χ0n) is 15.9. The molecule has 0 unspecified atom stereocenters. The molecule has 0 spiro atoms. The van der Waals surface area contributed by atoms with Gasteiger partial charge in [-0.15, -0.1) is 0 Å². The van der Waals surface area contributed by atoms with Crippen LogP contribution in [-0.2, 0) is 9.59 Å². The fourth-order valence-electron chi connectivity index (χ4n) is 7.48. The number of ketones is 2. The fourth-order valence-corrected chi connectivity index (χ4v) is 7.48. The molecule has 0 aromatic rings. The Balaban J connectivity index is 1.74. The topological polar surface area (TPSA) is 74.6 Å². The Kier molecular flexibility index (Phi) is 4.09. The Hall–Kier alpha value is -1.26. The summed E-state index contributed by atoms with van der Waals surface area (Å²) in [4.78, 5) is 24.3. The van der Waals surface area contributed by atoms with Gasteiger partial charge in [0.2, 0.25) is 0 Å². The van der Waals surface area contributed by atoms with Gasteiger partial charge >= 0.3 is 0 Å². The van der Waals surface area contributed by atoms with Gasteiger partial charge in [-0.3, -0.25) is 9.59 Å². The Labute approximate surface area is 155 Å². The van der Waals surface area contributed by atoms with Gasteiger partial charge in [0.1, 0.15) is 6.61 Å². The van der Waals surface area contributed by atoms with E-state index in [-0.39, 0.29) is 40.2 Å². The van der Waals surface area contributed by atoms with Crippen molar-refractivity contribution in [2.75, 3.05) is 6.61 Å². The molecule has 0 aromatic carbocycles. The Morgan fingerprint density at radius 1 is 1.35 bits per heavy atom. The second kappa shape index (κ2) is 5.87. The molecular weight excluding hydrogens is 328 g/mol. The maximum atomic E-state index is 12.5. The van der Waals surface area contributed by atoms with Crippen molar-refractivity contribution in [2.24, 2.45) is 40.4 Å². The average Bonchev–Trinajstić information content (AvgIpc) is 2.84. The number of carbonyl (C=O) groups excluding carboxylic acids is 2. The minimum atomic E-state index is -0.493. The molecule has 3 fully saturated rings. The summed E-state index contributed by atoms with van der Waals surface area (Å²) in [5.41, 5.74) is 0.647. The summed E-state index contributed by atoms with van der Waals surface area (Å²) in [6.07, 6.45) is 8.39. The predicted octanol–water partition coefficient (Wildman–Crippen LogP) is 2.69. The third-order valence-corrected chi connectivity index (χ3v) is 8.34. The Morgan fingerprint density at radius 2 is 2.08 bits per heavy atom. The van der Waals surface area contributed by atoms with Crippen molar-refractivity contribution >= 4 is 11.6 Å². The van der Waals surface area contributed by atoms with E-state index in [9.17, 15) is 19.8 Å². The van der Waals surface area contributed by atoms with Crippen LogP contribution in [0.5, 0.6) is 0 Å². The van der Waals surface area contributed by atoms with Crippen LogP contribution >= 0.6 is 0 Å². The zero-order chi connectivity index (χ0) is 18.9. The molecule has 142 valence electrons. The standard InChI is InChI=1S/C22H30O4/c1-12-8-16-15-5-4-13-9-14(24)6-7-21(13,2)20(15)17(25)10-22(16,3)19(12)18(26)11-23/h6-7,9,12,15-17,19-20,23,25H,4-5,8,10-11H2,1-3H3/t12-,15+,16+,17+,19-,20+,21+,22+/m1/s1. The summed E-state index contributed by atoms with van der Waals surface area (Å²) >= 11 is 0. The van der Waals surface area contributed by atoms with Crippen molar-refractivity contribution < 1.29 is 19.8 Å². The smallest absolute Gasteiger partial charge is 0.178 e. The SMILES string of the molecule is C[C@@H]1C[C@H]2[C@@H]3CCC4=CC(=O)C=C[C@]4(C)[C@@H]3[C@@H](O)C[C@]2(C)[C@H]1C(=O)CO. The van der Waals surface area contributed by atoms with E-state index < -0.39 is 12.7 Å². The lowest BCUT2D eigenvalue weighted by atomic mass is 9.46. The number of Topliss-reactive ketones (excluding diaryl/α,β-unsaturated/α-hetero) is 1. The largest absolute Gasteiger partial charge is 0.393 e. The lowest BCUT2D eigenvalue weighted by Crippen LogP contribution is -2.56. The van der Waals surface area contributed by atoms with Crippen LogP contribution in [0, 0.1) is 40.4 Å². The molecule has 0 bridgehead atoms. The summed E-state index contributed by atoms with van der Waals surface area (Å²) in [5, 5.41) is 20.7. The molecule has 3 saturated carbocycles. The zero-order valence-corrected chi connectivity index (χ0v) is 15.9. The lowest BCUT2D eigenvalue weighted by Gasteiger charge is -2.58. The highest BCUT2D eigenvalue weighted by Crippen LogP contribution is 2.67. The van der Waals surface area contributed by atoms with Crippen molar-refractivity contribution in [1.82, 2.24) is 0 Å². The van der Waals surface area contributed by atoms with Gasteiger partial charge in [0.05, 0.1) is 6.10 Å². The van der Waals surface area contributed by atoms with E-state index in [1.807, 2.05) is 6.08 Å². The minimum Gasteiger partial charge on any atom is -0.393 e. The quantitative estimate of drug-likeness (QED) is 0.796. The molecule has 0 amide bonds. The molecule has 0 radical (unpaired) electrons. The van der Waals surface area contributed by atoms with Crippen LogP contribution in [0.1, 0.15) is 46.5 Å². The van der Waals surface area contributed by atoms with Crippen LogP contribution in [0.4, 0.5) is 0 Å². The molecule has 0 heterocycles. The summed E-state index contributed by atoms with van der Waals surface area (Å²) in [6, 6.07) is 0.